The Morgan fingerprint density at radius 3 is 2.52 bits per heavy atom. The second-order valence-corrected chi connectivity index (χ2v) is 8.47. The predicted molar refractivity (Wildman–Crippen MR) is 130 cm³/mol. The van der Waals surface area contributed by atoms with Gasteiger partial charge in [-0.3, -0.25) is 9.69 Å². The fourth-order valence-corrected chi connectivity index (χ4v) is 4.34. The van der Waals surface area contributed by atoms with Gasteiger partial charge in [-0.05, 0) is 55.8 Å². The highest BCUT2D eigenvalue weighted by Crippen LogP contribution is 2.28. The third kappa shape index (κ3) is 4.91. The molecule has 2 heterocycles. The number of benzene rings is 3. The van der Waals surface area contributed by atoms with Gasteiger partial charge < -0.3 is 14.5 Å². The molecule has 168 valence electrons. The number of amides is 1. The number of anilines is 1. The topological polar surface area (TPSA) is 71.8 Å². The molecule has 0 radical (unpaired) electrons. The minimum atomic E-state index is -0.440. The van der Waals surface area contributed by atoms with E-state index in [4.69, 9.17) is 9.15 Å². The van der Waals surface area contributed by atoms with Gasteiger partial charge in [-0.25, -0.2) is 4.79 Å². The molecule has 6 heteroatoms. The van der Waals surface area contributed by atoms with Gasteiger partial charge in [0.25, 0.3) is 0 Å². The van der Waals surface area contributed by atoms with Gasteiger partial charge in [0.2, 0.25) is 5.91 Å². The minimum absolute atomic E-state index is 0.0679. The number of hydrogen-bond acceptors (Lipinski definition) is 5. The first-order valence-electron chi connectivity index (χ1n) is 11.4. The molecule has 1 aliphatic heterocycles. The van der Waals surface area contributed by atoms with Gasteiger partial charge in [0.05, 0.1) is 11.9 Å². The largest absolute Gasteiger partial charge is 0.489 e. The van der Waals surface area contributed by atoms with E-state index in [0.29, 0.717) is 35.6 Å². The summed E-state index contributed by atoms with van der Waals surface area (Å²) in [6, 6.07) is 20.8. The van der Waals surface area contributed by atoms with Crippen LogP contribution < -0.4 is 15.7 Å². The number of piperidine rings is 1. The van der Waals surface area contributed by atoms with Crippen LogP contribution in [0.5, 0.6) is 5.75 Å². The molecular formula is C27H26N2O4. The SMILES string of the molecule is O=C(CN1CCCCC1)Nc1ccc2c(c1)c(=O)oc1cc(OCc3ccccc3)ccc12. The molecule has 1 amide bonds. The van der Waals surface area contributed by atoms with Crippen LogP contribution in [-0.2, 0) is 11.4 Å². The maximum Gasteiger partial charge on any atom is 0.344 e. The summed E-state index contributed by atoms with van der Waals surface area (Å²) in [6.45, 7) is 2.72. The molecule has 0 aliphatic carbocycles. The van der Waals surface area contributed by atoms with Crippen LogP contribution in [-0.4, -0.2) is 30.4 Å². The summed E-state index contributed by atoms with van der Waals surface area (Å²) in [4.78, 5) is 27.3. The first-order chi connectivity index (χ1) is 16.2. The van der Waals surface area contributed by atoms with Crippen molar-refractivity contribution in [2.24, 2.45) is 0 Å². The van der Waals surface area contributed by atoms with Crippen LogP contribution >= 0.6 is 0 Å². The number of carbonyl (C=O) groups excluding carboxylic acids is 1. The fourth-order valence-electron chi connectivity index (χ4n) is 4.34. The highest BCUT2D eigenvalue weighted by atomic mass is 16.5. The second-order valence-electron chi connectivity index (χ2n) is 8.47. The zero-order valence-electron chi connectivity index (χ0n) is 18.4. The van der Waals surface area contributed by atoms with Crippen LogP contribution in [0.1, 0.15) is 24.8 Å². The van der Waals surface area contributed by atoms with Crippen molar-refractivity contribution in [1.82, 2.24) is 4.90 Å². The third-order valence-electron chi connectivity index (χ3n) is 6.03. The lowest BCUT2D eigenvalue weighted by molar-refractivity contribution is -0.117. The summed E-state index contributed by atoms with van der Waals surface area (Å²) in [7, 11) is 0. The first kappa shape index (κ1) is 21.2. The molecule has 1 aromatic heterocycles. The van der Waals surface area contributed by atoms with Crippen LogP contribution in [0.25, 0.3) is 21.7 Å². The highest BCUT2D eigenvalue weighted by molar-refractivity contribution is 6.06. The van der Waals surface area contributed by atoms with Crippen molar-refractivity contribution >= 4 is 33.3 Å². The van der Waals surface area contributed by atoms with Crippen molar-refractivity contribution < 1.29 is 13.9 Å². The molecule has 0 atom stereocenters. The summed E-state index contributed by atoms with van der Waals surface area (Å²) < 4.78 is 11.5. The van der Waals surface area contributed by atoms with E-state index in [9.17, 15) is 9.59 Å². The van der Waals surface area contributed by atoms with Gasteiger partial charge in [-0.15, -0.1) is 0 Å². The van der Waals surface area contributed by atoms with Crippen molar-refractivity contribution in [2.45, 2.75) is 25.9 Å². The number of carbonyl (C=O) groups is 1. The molecule has 4 aromatic rings. The maximum absolute atomic E-state index is 12.7. The molecule has 1 saturated heterocycles. The van der Waals surface area contributed by atoms with Crippen LogP contribution in [0.2, 0.25) is 0 Å². The van der Waals surface area contributed by atoms with Crippen LogP contribution in [0.15, 0.2) is 75.9 Å². The molecule has 1 aliphatic rings. The van der Waals surface area contributed by atoms with E-state index in [1.807, 2.05) is 54.6 Å². The van der Waals surface area contributed by atoms with Gasteiger partial charge in [0.15, 0.2) is 0 Å². The van der Waals surface area contributed by atoms with Crippen molar-refractivity contribution in [2.75, 3.05) is 25.0 Å². The summed E-state index contributed by atoms with van der Waals surface area (Å²) in [5.74, 6) is 0.567. The molecule has 33 heavy (non-hydrogen) atoms. The molecule has 1 N–H and O–H groups in total. The Balaban J connectivity index is 1.35. The number of ether oxygens (including phenoxy) is 1. The van der Waals surface area contributed by atoms with Gasteiger partial charge in [0, 0.05) is 22.5 Å². The van der Waals surface area contributed by atoms with Crippen molar-refractivity contribution in [3.63, 3.8) is 0 Å². The van der Waals surface area contributed by atoms with Crippen LogP contribution in [0.3, 0.4) is 0 Å². The summed E-state index contributed by atoms with van der Waals surface area (Å²) in [5.41, 5.74) is 1.69. The van der Waals surface area contributed by atoms with Crippen molar-refractivity contribution in [3.8, 4) is 5.75 Å². The van der Waals surface area contributed by atoms with E-state index >= 15 is 0 Å². The van der Waals surface area contributed by atoms with Gasteiger partial charge >= 0.3 is 5.63 Å². The van der Waals surface area contributed by atoms with Gasteiger partial charge in [-0.1, -0.05) is 42.8 Å². The number of nitrogens with zero attached hydrogens (tertiary/aromatic N) is 1. The lowest BCUT2D eigenvalue weighted by atomic mass is 10.1. The number of fused-ring (bicyclic) bond motifs is 3. The smallest absolute Gasteiger partial charge is 0.344 e. The molecule has 5 rings (SSSR count). The average Bonchev–Trinajstić information content (AvgIpc) is 2.84. The molecule has 0 unspecified atom stereocenters. The molecule has 0 bridgehead atoms. The molecule has 0 saturated carbocycles. The maximum atomic E-state index is 12.7. The Morgan fingerprint density at radius 2 is 1.70 bits per heavy atom. The number of hydrogen-bond donors (Lipinski definition) is 1. The Hall–Kier alpha value is -3.64. The zero-order valence-corrected chi connectivity index (χ0v) is 18.4. The van der Waals surface area contributed by atoms with E-state index in [0.717, 1.165) is 42.3 Å². The Morgan fingerprint density at radius 1 is 0.909 bits per heavy atom. The van der Waals surface area contributed by atoms with E-state index < -0.39 is 5.63 Å². The third-order valence-corrected chi connectivity index (χ3v) is 6.03. The fraction of sp³-hybridized carbons (Fsp3) is 0.259. The molecule has 1 fully saturated rings. The number of likely N-dealkylation sites (tertiary alicyclic amines) is 1. The monoisotopic (exact) mass is 442 g/mol. The van der Waals surface area contributed by atoms with Gasteiger partial charge in [0.1, 0.15) is 17.9 Å². The van der Waals surface area contributed by atoms with Crippen molar-refractivity contribution in [3.05, 3.63) is 82.7 Å². The summed E-state index contributed by atoms with van der Waals surface area (Å²) >= 11 is 0. The Bertz CT molecular complexity index is 1340. The number of nitrogens with one attached hydrogen (secondary N) is 1. The van der Waals surface area contributed by atoms with E-state index in [-0.39, 0.29) is 5.91 Å². The lowest BCUT2D eigenvalue weighted by Gasteiger charge is -2.25. The molecule has 3 aromatic carbocycles. The average molecular weight is 443 g/mol. The zero-order chi connectivity index (χ0) is 22.6. The van der Waals surface area contributed by atoms with E-state index in [1.54, 1.807) is 12.1 Å². The highest BCUT2D eigenvalue weighted by Gasteiger charge is 2.15. The van der Waals surface area contributed by atoms with Crippen LogP contribution in [0.4, 0.5) is 5.69 Å². The minimum Gasteiger partial charge on any atom is -0.489 e. The molecule has 6 nitrogen and oxygen atoms in total. The molecular weight excluding hydrogens is 416 g/mol. The lowest BCUT2D eigenvalue weighted by Crippen LogP contribution is -2.36. The number of rotatable bonds is 6. The van der Waals surface area contributed by atoms with E-state index in [2.05, 4.69) is 10.2 Å². The van der Waals surface area contributed by atoms with E-state index in [1.165, 1.54) is 6.42 Å². The Labute approximate surface area is 191 Å². The second kappa shape index (κ2) is 9.46. The predicted octanol–water partition coefficient (Wildman–Crippen LogP) is 4.95. The Kier molecular flexibility index (Phi) is 6.09. The first-order valence-corrected chi connectivity index (χ1v) is 11.4. The normalized spacial score (nSPS) is 14.4. The quantitative estimate of drug-likeness (QED) is 0.338. The molecule has 0 spiro atoms. The van der Waals surface area contributed by atoms with Gasteiger partial charge in [-0.2, -0.15) is 0 Å². The standard InChI is InChI=1S/C27H26N2O4/c30-26(17-29-13-5-2-6-14-29)28-20-9-11-22-23-12-10-21(32-18-19-7-3-1-4-8-19)16-25(23)33-27(31)24(22)15-20/h1,3-4,7-12,15-16H,2,5-6,13-14,17-18H2,(H,28,30). The van der Waals surface area contributed by atoms with Crippen LogP contribution in [0, 0.1) is 0 Å². The summed E-state index contributed by atoms with van der Waals surface area (Å²) in [6.07, 6.45) is 3.50. The van der Waals surface area contributed by atoms with Crippen molar-refractivity contribution in [1.29, 1.82) is 0 Å². The summed E-state index contributed by atoms with van der Waals surface area (Å²) in [5, 5.41) is 4.96.